The average molecular weight is 381 g/mol. The highest BCUT2D eigenvalue weighted by atomic mass is 16.6. The van der Waals surface area contributed by atoms with Crippen LogP contribution in [0.2, 0.25) is 0 Å². The Kier molecular flexibility index (Phi) is 4.70. The molecule has 1 saturated heterocycles. The van der Waals surface area contributed by atoms with Crippen molar-refractivity contribution in [1.82, 2.24) is 10.2 Å². The first-order chi connectivity index (χ1) is 13.6. The Morgan fingerprint density at radius 1 is 1.29 bits per heavy atom. The quantitative estimate of drug-likeness (QED) is 0.551. The van der Waals surface area contributed by atoms with Crippen molar-refractivity contribution in [2.45, 2.75) is 6.04 Å². The predicted octanol–water partition coefficient (Wildman–Crippen LogP) is 3.14. The number of ether oxygens (including phenoxy) is 1. The minimum Gasteiger partial charge on any atom is -0.496 e. The first-order valence-electron chi connectivity index (χ1n) is 8.91. The molecule has 1 aliphatic rings. The maximum atomic E-state index is 13.2. The summed E-state index contributed by atoms with van der Waals surface area (Å²) < 4.78 is 11.2. The summed E-state index contributed by atoms with van der Waals surface area (Å²) in [7, 11) is 1.60. The summed E-state index contributed by atoms with van der Waals surface area (Å²) in [5.41, 5.74) is 1.32. The van der Waals surface area contributed by atoms with Crippen LogP contribution in [0.1, 0.15) is 22.2 Å². The lowest BCUT2D eigenvalue weighted by Crippen LogP contribution is -2.48. The normalized spacial score (nSPS) is 16.9. The highest BCUT2D eigenvalue weighted by Crippen LogP contribution is 2.32. The lowest BCUT2D eigenvalue weighted by molar-refractivity contribution is -0.384. The number of benzene rings is 2. The fourth-order valence-electron chi connectivity index (χ4n) is 3.56. The number of para-hydroxylation sites is 1. The number of nitrogens with one attached hydrogen (secondary N) is 1. The molecule has 1 aliphatic heterocycles. The van der Waals surface area contributed by atoms with Gasteiger partial charge in [0.1, 0.15) is 11.3 Å². The molecule has 0 radical (unpaired) electrons. The fraction of sp³-hybridized carbons (Fsp3) is 0.250. The zero-order chi connectivity index (χ0) is 19.7. The van der Waals surface area contributed by atoms with Crippen molar-refractivity contribution in [1.29, 1.82) is 0 Å². The largest absolute Gasteiger partial charge is 0.496 e. The standard InChI is InChI=1S/C20H19N3O5/c1-27-18-5-3-2-4-15(18)16-12-21-8-9-22(16)20(24)19-11-13-10-14(23(25)26)6-7-17(13)28-19/h2-7,10-11,16,21H,8-9,12H2,1H3. The number of methoxy groups -OCH3 is 1. The molecule has 1 fully saturated rings. The number of piperazine rings is 1. The Labute approximate surface area is 160 Å². The van der Waals surface area contributed by atoms with E-state index in [1.807, 2.05) is 24.3 Å². The summed E-state index contributed by atoms with van der Waals surface area (Å²) in [6.07, 6.45) is 0. The second-order valence-electron chi connectivity index (χ2n) is 6.55. The summed E-state index contributed by atoms with van der Waals surface area (Å²) in [6.45, 7) is 1.78. The topological polar surface area (TPSA) is 97.8 Å². The molecule has 0 spiro atoms. The molecule has 1 unspecified atom stereocenters. The number of non-ortho nitro benzene ring substituents is 1. The number of hydrogen-bond donors (Lipinski definition) is 1. The van der Waals surface area contributed by atoms with Crippen LogP contribution in [0, 0.1) is 10.1 Å². The van der Waals surface area contributed by atoms with E-state index in [0.29, 0.717) is 36.4 Å². The molecule has 1 atom stereocenters. The number of fused-ring (bicyclic) bond motifs is 1. The fourth-order valence-corrected chi connectivity index (χ4v) is 3.56. The Bertz CT molecular complexity index is 1050. The van der Waals surface area contributed by atoms with Crippen LogP contribution < -0.4 is 10.1 Å². The van der Waals surface area contributed by atoms with Crippen LogP contribution >= 0.6 is 0 Å². The van der Waals surface area contributed by atoms with E-state index in [-0.39, 0.29) is 23.4 Å². The van der Waals surface area contributed by atoms with E-state index in [4.69, 9.17) is 9.15 Å². The number of nitro groups is 1. The van der Waals surface area contributed by atoms with Crippen LogP contribution in [-0.2, 0) is 0 Å². The summed E-state index contributed by atoms with van der Waals surface area (Å²) in [5.74, 6) is 0.628. The van der Waals surface area contributed by atoms with Crippen LogP contribution in [0.5, 0.6) is 5.75 Å². The molecule has 2 aromatic carbocycles. The Morgan fingerprint density at radius 3 is 2.89 bits per heavy atom. The molecule has 2 heterocycles. The van der Waals surface area contributed by atoms with Crippen LogP contribution in [0.4, 0.5) is 5.69 Å². The smallest absolute Gasteiger partial charge is 0.290 e. The van der Waals surface area contributed by atoms with Crippen molar-refractivity contribution >= 4 is 22.6 Å². The number of nitrogens with zero attached hydrogens (tertiary/aromatic N) is 2. The molecule has 1 aromatic heterocycles. The van der Waals surface area contributed by atoms with Crippen LogP contribution in [0.3, 0.4) is 0 Å². The number of carbonyl (C=O) groups excluding carboxylic acids is 1. The van der Waals surface area contributed by atoms with Gasteiger partial charge in [-0.05, 0) is 18.2 Å². The Morgan fingerprint density at radius 2 is 2.11 bits per heavy atom. The van der Waals surface area contributed by atoms with Gasteiger partial charge in [0, 0.05) is 42.7 Å². The van der Waals surface area contributed by atoms with Gasteiger partial charge in [-0.3, -0.25) is 14.9 Å². The molecular formula is C20H19N3O5. The molecule has 4 rings (SSSR count). The molecule has 8 heteroatoms. The van der Waals surface area contributed by atoms with E-state index in [1.54, 1.807) is 18.1 Å². The van der Waals surface area contributed by atoms with Crippen molar-refractivity contribution < 1.29 is 18.9 Å². The van der Waals surface area contributed by atoms with Gasteiger partial charge in [-0.15, -0.1) is 0 Å². The molecule has 1 N–H and O–H groups in total. The lowest BCUT2D eigenvalue weighted by atomic mass is 10.0. The second-order valence-corrected chi connectivity index (χ2v) is 6.55. The predicted molar refractivity (Wildman–Crippen MR) is 103 cm³/mol. The van der Waals surface area contributed by atoms with Crippen molar-refractivity contribution in [3.63, 3.8) is 0 Å². The van der Waals surface area contributed by atoms with Crippen molar-refractivity contribution in [3.05, 3.63) is 70.0 Å². The number of carbonyl (C=O) groups is 1. The monoisotopic (exact) mass is 381 g/mol. The lowest BCUT2D eigenvalue weighted by Gasteiger charge is -2.36. The average Bonchev–Trinajstić information content (AvgIpc) is 3.16. The van der Waals surface area contributed by atoms with Crippen molar-refractivity contribution in [2.24, 2.45) is 0 Å². The molecule has 144 valence electrons. The Hall–Kier alpha value is -3.39. The van der Waals surface area contributed by atoms with E-state index in [0.717, 1.165) is 5.56 Å². The van der Waals surface area contributed by atoms with Crippen molar-refractivity contribution in [2.75, 3.05) is 26.7 Å². The van der Waals surface area contributed by atoms with Gasteiger partial charge in [0.05, 0.1) is 18.1 Å². The van der Waals surface area contributed by atoms with E-state index in [1.165, 1.54) is 18.2 Å². The van der Waals surface area contributed by atoms with E-state index in [9.17, 15) is 14.9 Å². The highest BCUT2D eigenvalue weighted by Gasteiger charge is 2.32. The maximum Gasteiger partial charge on any atom is 0.290 e. The van der Waals surface area contributed by atoms with Gasteiger partial charge >= 0.3 is 0 Å². The molecule has 1 amide bonds. The maximum absolute atomic E-state index is 13.2. The molecule has 28 heavy (non-hydrogen) atoms. The number of nitro benzene ring substituents is 1. The zero-order valence-corrected chi connectivity index (χ0v) is 15.3. The summed E-state index contributed by atoms with van der Waals surface area (Å²) >= 11 is 0. The van der Waals surface area contributed by atoms with Gasteiger partial charge < -0.3 is 19.4 Å². The SMILES string of the molecule is COc1ccccc1C1CNCCN1C(=O)c1cc2cc([N+](=O)[O-])ccc2o1. The van der Waals surface area contributed by atoms with Gasteiger partial charge in [-0.2, -0.15) is 0 Å². The van der Waals surface area contributed by atoms with Crippen molar-refractivity contribution in [3.8, 4) is 5.75 Å². The minimum absolute atomic E-state index is 0.0404. The molecular weight excluding hydrogens is 362 g/mol. The van der Waals surface area contributed by atoms with Gasteiger partial charge in [0.2, 0.25) is 0 Å². The van der Waals surface area contributed by atoms with E-state index in [2.05, 4.69) is 5.32 Å². The van der Waals surface area contributed by atoms with Gasteiger partial charge in [0.25, 0.3) is 11.6 Å². The Balaban J connectivity index is 1.69. The number of rotatable bonds is 4. The highest BCUT2D eigenvalue weighted by molar-refractivity contribution is 5.96. The molecule has 8 nitrogen and oxygen atoms in total. The molecule has 0 saturated carbocycles. The van der Waals surface area contributed by atoms with Crippen LogP contribution in [0.25, 0.3) is 11.0 Å². The summed E-state index contributed by atoms with van der Waals surface area (Å²) in [5, 5.41) is 14.8. The first kappa shape index (κ1) is 18.0. The third kappa shape index (κ3) is 3.18. The van der Waals surface area contributed by atoms with E-state index >= 15 is 0 Å². The van der Waals surface area contributed by atoms with E-state index < -0.39 is 4.92 Å². The van der Waals surface area contributed by atoms with Crippen LogP contribution in [0.15, 0.2) is 52.9 Å². The molecule has 3 aromatic rings. The zero-order valence-electron chi connectivity index (χ0n) is 15.3. The summed E-state index contributed by atoms with van der Waals surface area (Å²) in [6, 6.07) is 13.2. The number of furan rings is 1. The third-order valence-corrected chi connectivity index (χ3v) is 4.92. The first-order valence-corrected chi connectivity index (χ1v) is 8.91. The number of amides is 1. The number of hydrogen-bond acceptors (Lipinski definition) is 6. The van der Waals surface area contributed by atoms with Gasteiger partial charge in [-0.1, -0.05) is 18.2 Å². The molecule has 0 aliphatic carbocycles. The molecule has 0 bridgehead atoms. The summed E-state index contributed by atoms with van der Waals surface area (Å²) in [4.78, 5) is 25.5. The third-order valence-electron chi connectivity index (χ3n) is 4.92. The van der Waals surface area contributed by atoms with Gasteiger partial charge in [-0.25, -0.2) is 0 Å². The second kappa shape index (κ2) is 7.32. The van der Waals surface area contributed by atoms with Crippen LogP contribution in [-0.4, -0.2) is 42.5 Å². The van der Waals surface area contributed by atoms with Gasteiger partial charge in [0.15, 0.2) is 5.76 Å². The minimum atomic E-state index is -0.470.